The smallest absolute Gasteiger partial charge is 0.261 e. The Bertz CT molecular complexity index is 715. The molecule has 0 atom stereocenters. The molecule has 0 saturated heterocycles. The van der Waals surface area contributed by atoms with Crippen molar-refractivity contribution in [3.05, 3.63) is 59.2 Å². The third kappa shape index (κ3) is 2.24. The predicted octanol–water partition coefficient (Wildman–Crippen LogP) is 3.26. The van der Waals surface area contributed by atoms with Crippen LogP contribution in [0.5, 0.6) is 5.75 Å². The number of para-hydroxylation sites is 1. The quantitative estimate of drug-likeness (QED) is 0.875. The fourth-order valence-electron chi connectivity index (χ4n) is 2.65. The van der Waals surface area contributed by atoms with E-state index in [0.717, 1.165) is 18.1 Å². The van der Waals surface area contributed by atoms with Gasteiger partial charge in [-0.05, 0) is 36.6 Å². The molecule has 0 aromatic heterocycles. The van der Waals surface area contributed by atoms with Gasteiger partial charge in [0.1, 0.15) is 5.75 Å². The van der Waals surface area contributed by atoms with Crippen molar-refractivity contribution in [3.8, 4) is 5.75 Å². The summed E-state index contributed by atoms with van der Waals surface area (Å²) in [6.07, 6.45) is 1.44. The summed E-state index contributed by atoms with van der Waals surface area (Å²) in [4.78, 5) is 13.8. The van der Waals surface area contributed by atoms with E-state index in [-0.39, 0.29) is 11.3 Å². The number of aromatic hydroxyl groups is 1. The van der Waals surface area contributed by atoms with Crippen molar-refractivity contribution < 1.29 is 18.7 Å². The second kappa shape index (κ2) is 5.16. The lowest BCUT2D eigenvalue weighted by atomic mass is 10.00. The normalized spacial score (nSPS) is 13.9. The fraction of sp³-hybridized carbons (Fsp3) is 0.188. The van der Waals surface area contributed by atoms with Crippen LogP contribution in [0.3, 0.4) is 0 Å². The van der Waals surface area contributed by atoms with Crippen molar-refractivity contribution in [2.75, 3.05) is 11.4 Å². The highest BCUT2D eigenvalue weighted by atomic mass is 19.2. The molecule has 21 heavy (non-hydrogen) atoms. The summed E-state index contributed by atoms with van der Waals surface area (Å²) >= 11 is 0. The maximum Gasteiger partial charge on any atom is 0.261 e. The number of halogens is 2. The summed E-state index contributed by atoms with van der Waals surface area (Å²) in [5.74, 6) is -2.90. The molecule has 0 radical (unpaired) electrons. The largest absolute Gasteiger partial charge is 0.506 e. The Morgan fingerprint density at radius 1 is 1.14 bits per heavy atom. The number of anilines is 1. The van der Waals surface area contributed by atoms with Gasteiger partial charge in [-0.3, -0.25) is 4.79 Å². The summed E-state index contributed by atoms with van der Waals surface area (Å²) in [7, 11) is 0. The minimum Gasteiger partial charge on any atom is -0.506 e. The Morgan fingerprint density at radius 3 is 2.71 bits per heavy atom. The molecule has 5 heteroatoms. The molecule has 0 unspecified atom stereocenters. The molecule has 3 rings (SSSR count). The van der Waals surface area contributed by atoms with E-state index in [4.69, 9.17) is 0 Å². The van der Waals surface area contributed by atoms with Gasteiger partial charge in [0.25, 0.3) is 5.91 Å². The van der Waals surface area contributed by atoms with Gasteiger partial charge in [0.15, 0.2) is 11.6 Å². The van der Waals surface area contributed by atoms with E-state index < -0.39 is 17.5 Å². The molecule has 1 heterocycles. The number of nitrogens with zero attached hydrogens (tertiary/aromatic N) is 1. The number of carbonyl (C=O) groups is 1. The van der Waals surface area contributed by atoms with Crippen LogP contribution < -0.4 is 4.90 Å². The van der Waals surface area contributed by atoms with E-state index in [1.807, 2.05) is 6.07 Å². The van der Waals surface area contributed by atoms with Crippen molar-refractivity contribution in [2.45, 2.75) is 12.8 Å². The van der Waals surface area contributed by atoms with Gasteiger partial charge in [0.2, 0.25) is 0 Å². The SMILES string of the molecule is O=C(c1cccc(F)c1F)N1CCCc2cccc(O)c21. The number of amides is 1. The van der Waals surface area contributed by atoms with Gasteiger partial charge < -0.3 is 10.0 Å². The third-order valence-electron chi connectivity index (χ3n) is 3.62. The number of benzene rings is 2. The van der Waals surface area contributed by atoms with Gasteiger partial charge in [-0.25, -0.2) is 8.78 Å². The average molecular weight is 289 g/mol. The van der Waals surface area contributed by atoms with E-state index in [9.17, 15) is 18.7 Å². The molecule has 1 N–H and O–H groups in total. The van der Waals surface area contributed by atoms with Crippen molar-refractivity contribution in [3.63, 3.8) is 0 Å². The van der Waals surface area contributed by atoms with E-state index in [2.05, 4.69) is 0 Å². The van der Waals surface area contributed by atoms with Crippen LogP contribution in [0.15, 0.2) is 36.4 Å². The molecule has 0 aliphatic carbocycles. The standard InChI is InChI=1S/C16H13F2NO2/c17-12-7-2-6-11(14(12)18)16(21)19-9-3-5-10-4-1-8-13(20)15(10)19/h1-2,4,6-8,20H,3,5,9H2. The topological polar surface area (TPSA) is 40.5 Å². The Kier molecular flexibility index (Phi) is 3.33. The van der Waals surface area contributed by atoms with Crippen LogP contribution in [0, 0.1) is 11.6 Å². The number of phenols is 1. The van der Waals surface area contributed by atoms with Gasteiger partial charge >= 0.3 is 0 Å². The number of carbonyl (C=O) groups excluding carboxylic acids is 1. The van der Waals surface area contributed by atoms with Crippen LogP contribution >= 0.6 is 0 Å². The lowest BCUT2D eigenvalue weighted by Gasteiger charge is -2.30. The highest BCUT2D eigenvalue weighted by Gasteiger charge is 2.28. The molecule has 1 aliphatic rings. The van der Waals surface area contributed by atoms with Gasteiger partial charge in [-0.1, -0.05) is 18.2 Å². The molecule has 108 valence electrons. The Hall–Kier alpha value is -2.43. The van der Waals surface area contributed by atoms with Crippen LogP contribution in [-0.2, 0) is 6.42 Å². The van der Waals surface area contributed by atoms with Crippen LogP contribution in [0.25, 0.3) is 0 Å². The lowest BCUT2D eigenvalue weighted by Crippen LogP contribution is -2.36. The van der Waals surface area contributed by atoms with E-state index in [1.165, 1.54) is 23.1 Å². The maximum atomic E-state index is 13.8. The Morgan fingerprint density at radius 2 is 1.90 bits per heavy atom. The van der Waals surface area contributed by atoms with Crippen LogP contribution in [0.4, 0.5) is 14.5 Å². The highest BCUT2D eigenvalue weighted by Crippen LogP contribution is 2.36. The van der Waals surface area contributed by atoms with Gasteiger partial charge in [-0.2, -0.15) is 0 Å². The van der Waals surface area contributed by atoms with Crippen molar-refractivity contribution in [1.82, 2.24) is 0 Å². The second-order valence-corrected chi connectivity index (χ2v) is 4.95. The van der Waals surface area contributed by atoms with E-state index in [0.29, 0.717) is 18.7 Å². The zero-order chi connectivity index (χ0) is 15.0. The van der Waals surface area contributed by atoms with Gasteiger partial charge in [0.05, 0.1) is 11.3 Å². The first-order valence-electron chi connectivity index (χ1n) is 6.66. The summed E-state index contributed by atoms with van der Waals surface area (Å²) in [5.41, 5.74) is 0.884. The van der Waals surface area contributed by atoms with E-state index in [1.54, 1.807) is 6.07 Å². The number of fused-ring (bicyclic) bond motifs is 1. The van der Waals surface area contributed by atoms with Crippen LogP contribution in [0.2, 0.25) is 0 Å². The first-order chi connectivity index (χ1) is 10.1. The molecule has 0 fully saturated rings. The monoisotopic (exact) mass is 289 g/mol. The Labute approximate surface area is 120 Å². The maximum absolute atomic E-state index is 13.8. The minimum absolute atomic E-state index is 0.0302. The first-order valence-corrected chi connectivity index (χ1v) is 6.66. The predicted molar refractivity (Wildman–Crippen MR) is 74.5 cm³/mol. The zero-order valence-corrected chi connectivity index (χ0v) is 11.1. The van der Waals surface area contributed by atoms with Crippen molar-refractivity contribution in [1.29, 1.82) is 0 Å². The minimum atomic E-state index is -1.16. The molecule has 0 saturated carbocycles. The Balaban J connectivity index is 2.07. The summed E-state index contributed by atoms with van der Waals surface area (Å²) in [6, 6.07) is 8.50. The molecule has 0 spiro atoms. The lowest BCUT2D eigenvalue weighted by molar-refractivity contribution is 0.0979. The molecule has 1 aliphatic heterocycles. The zero-order valence-electron chi connectivity index (χ0n) is 11.1. The number of hydrogen-bond donors (Lipinski definition) is 1. The highest BCUT2D eigenvalue weighted by molar-refractivity contribution is 6.07. The molecule has 0 bridgehead atoms. The van der Waals surface area contributed by atoms with Crippen molar-refractivity contribution in [2.24, 2.45) is 0 Å². The van der Waals surface area contributed by atoms with Crippen LogP contribution in [0.1, 0.15) is 22.3 Å². The molecular weight excluding hydrogens is 276 g/mol. The van der Waals surface area contributed by atoms with E-state index >= 15 is 0 Å². The van der Waals surface area contributed by atoms with Crippen LogP contribution in [-0.4, -0.2) is 17.6 Å². The second-order valence-electron chi connectivity index (χ2n) is 4.95. The van der Waals surface area contributed by atoms with Crippen molar-refractivity contribution >= 4 is 11.6 Å². The molecule has 2 aromatic carbocycles. The summed E-state index contributed by atoms with van der Waals surface area (Å²) in [5, 5.41) is 9.98. The molecular formula is C16H13F2NO2. The number of aryl methyl sites for hydroxylation is 1. The summed E-state index contributed by atoms with van der Waals surface area (Å²) < 4.78 is 27.1. The number of phenolic OH excluding ortho intramolecular Hbond substituents is 1. The number of rotatable bonds is 1. The average Bonchev–Trinajstić information content (AvgIpc) is 2.49. The first kappa shape index (κ1) is 13.5. The summed E-state index contributed by atoms with van der Waals surface area (Å²) in [6.45, 7) is 0.360. The molecule has 2 aromatic rings. The third-order valence-corrected chi connectivity index (χ3v) is 3.62. The number of hydrogen-bond acceptors (Lipinski definition) is 2. The van der Waals surface area contributed by atoms with Gasteiger partial charge in [-0.15, -0.1) is 0 Å². The fourth-order valence-corrected chi connectivity index (χ4v) is 2.65. The van der Waals surface area contributed by atoms with Gasteiger partial charge in [0, 0.05) is 6.54 Å². The molecule has 3 nitrogen and oxygen atoms in total. The molecule has 1 amide bonds.